The SMILES string of the molecule is O=C(O)CCC(Cc1ccccc1)NCc1cncc(Br)c1. The van der Waals surface area contributed by atoms with Crippen molar-refractivity contribution in [2.45, 2.75) is 31.8 Å². The van der Waals surface area contributed by atoms with Gasteiger partial charge in [0, 0.05) is 35.9 Å². The third kappa shape index (κ3) is 5.95. The van der Waals surface area contributed by atoms with Gasteiger partial charge >= 0.3 is 5.97 Å². The minimum Gasteiger partial charge on any atom is -0.481 e. The summed E-state index contributed by atoms with van der Waals surface area (Å²) in [5, 5.41) is 12.3. The largest absolute Gasteiger partial charge is 0.481 e. The Morgan fingerprint density at radius 1 is 1.23 bits per heavy atom. The Kier molecular flexibility index (Phi) is 6.55. The standard InChI is InChI=1S/C17H19BrN2O2/c18-15-8-14(10-19-12-15)11-20-16(6-7-17(21)22)9-13-4-2-1-3-5-13/h1-5,8,10,12,16,20H,6-7,9,11H2,(H,21,22). The first-order valence-electron chi connectivity index (χ1n) is 7.22. The van der Waals surface area contributed by atoms with Crippen LogP contribution >= 0.6 is 15.9 Å². The molecule has 1 unspecified atom stereocenters. The fraction of sp³-hybridized carbons (Fsp3) is 0.294. The number of carbonyl (C=O) groups is 1. The van der Waals surface area contributed by atoms with Crippen LogP contribution in [0.2, 0.25) is 0 Å². The third-order valence-electron chi connectivity index (χ3n) is 3.39. The summed E-state index contributed by atoms with van der Waals surface area (Å²) in [7, 11) is 0. The van der Waals surface area contributed by atoms with Gasteiger partial charge in [-0.2, -0.15) is 0 Å². The first-order chi connectivity index (χ1) is 10.6. The van der Waals surface area contributed by atoms with Crippen molar-refractivity contribution in [3.8, 4) is 0 Å². The van der Waals surface area contributed by atoms with Gasteiger partial charge < -0.3 is 10.4 Å². The van der Waals surface area contributed by atoms with Crippen molar-refractivity contribution >= 4 is 21.9 Å². The predicted octanol–water partition coefficient (Wildman–Crippen LogP) is 3.41. The Morgan fingerprint density at radius 2 is 2.00 bits per heavy atom. The summed E-state index contributed by atoms with van der Waals surface area (Å²) < 4.78 is 0.942. The molecule has 0 aliphatic rings. The van der Waals surface area contributed by atoms with Crippen LogP contribution in [0.15, 0.2) is 53.3 Å². The smallest absolute Gasteiger partial charge is 0.303 e. The van der Waals surface area contributed by atoms with E-state index in [1.54, 1.807) is 6.20 Å². The summed E-state index contributed by atoms with van der Waals surface area (Å²) >= 11 is 3.40. The van der Waals surface area contributed by atoms with E-state index < -0.39 is 5.97 Å². The number of hydrogen-bond donors (Lipinski definition) is 2. The molecule has 1 aromatic heterocycles. The van der Waals surface area contributed by atoms with E-state index in [1.807, 2.05) is 30.5 Å². The van der Waals surface area contributed by atoms with Crippen LogP contribution in [-0.4, -0.2) is 22.1 Å². The summed E-state index contributed by atoms with van der Waals surface area (Å²) in [4.78, 5) is 15.0. The summed E-state index contributed by atoms with van der Waals surface area (Å²) in [6.45, 7) is 0.670. The van der Waals surface area contributed by atoms with Crippen molar-refractivity contribution in [3.05, 3.63) is 64.4 Å². The lowest BCUT2D eigenvalue weighted by Gasteiger charge is -2.18. The minimum absolute atomic E-state index is 0.123. The van der Waals surface area contributed by atoms with Crippen LogP contribution in [0.25, 0.3) is 0 Å². The van der Waals surface area contributed by atoms with Gasteiger partial charge in [-0.15, -0.1) is 0 Å². The zero-order valence-electron chi connectivity index (χ0n) is 12.2. The molecule has 2 N–H and O–H groups in total. The van der Waals surface area contributed by atoms with Crippen molar-refractivity contribution in [1.82, 2.24) is 10.3 Å². The van der Waals surface area contributed by atoms with E-state index in [9.17, 15) is 4.79 Å². The van der Waals surface area contributed by atoms with Gasteiger partial charge in [0.15, 0.2) is 0 Å². The molecule has 2 rings (SSSR count). The molecule has 0 radical (unpaired) electrons. The molecular formula is C17H19BrN2O2. The number of rotatable bonds is 8. The van der Waals surface area contributed by atoms with E-state index in [0.29, 0.717) is 13.0 Å². The van der Waals surface area contributed by atoms with Crippen molar-refractivity contribution in [2.75, 3.05) is 0 Å². The average Bonchev–Trinajstić information content (AvgIpc) is 2.51. The Morgan fingerprint density at radius 3 is 2.68 bits per heavy atom. The fourth-order valence-corrected chi connectivity index (χ4v) is 2.70. The van der Waals surface area contributed by atoms with E-state index in [-0.39, 0.29) is 12.5 Å². The molecule has 1 aromatic carbocycles. The number of aliphatic carboxylic acids is 1. The Hall–Kier alpha value is -1.72. The molecule has 4 nitrogen and oxygen atoms in total. The van der Waals surface area contributed by atoms with Gasteiger partial charge in [0.25, 0.3) is 0 Å². The van der Waals surface area contributed by atoms with Gasteiger partial charge in [0.2, 0.25) is 0 Å². The second-order valence-corrected chi connectivity index (χ2v) is 6.13. The Bertz CT molecular complexity index is 605. The molecule has 22 heavy (non-hydrogen) atoms. The molecular weight excluding hydrogens is 344 g/mol. The van der Waals surface area contributed by atoms with E-state index in [1.165, 1.54) is 5.56 Å². The number of carboxylic acids is 1. The molecule has 1 heterocycles. The fourth-order valence-electron chi connectivity index (χ4n) is 2.29. The molecule has 5 heteroatoms. The van der Waals surface area contributed by atoms with Crippen LogP contribution in [0, 0.1) is 0 Å². The zero-order valence-corrected chi connectivity index (χ0v) is 13.8. The highest BCUT2D eigenvalue weighted by molar-refractivity contribution is 9.10. The van der Waals surface area contributed by atoms with Gasteiger partial charge in [-0.25, -0.2) is 0 Å². The number of aromatic nitrogens is 1. The van der Waals surface area contributed by atoms with Gasteiger partial charge in [-0.3, -0.25) is 9.78 Å². The number of nitrogens with one attached hydrogen (secondary N) is 1. The lowest BCUT2D eigenvalue weighted by atomic mass is 10.0. The quantitative estimate of drug-likeness (QED) is 0.755. The minimum atomic E-state index is -0.760. The summed E-state index contributed by atoms with van der Waals surface area (Å²) in [5.41, 5.74) is 2.28. The highest BCUT2D eigenvalue weighted by Crippen LogP contribution is 2.12. The number of halogens is 1. The second kappa shape index (κ2) is 8.66. The van der Waals surface area contributed by atoms with Crippen molar-refractivity contribution < 1.29 is 9.90 Å². The molecule has 0 saturated heterocycles. The zero-order chi connectivity index (χ0) is 15.8. The first kappa shape index (κ1) is 16.6. The van der Waals surface area contributed by atoms with Crippen LogP contribution in [0.5, 0.6) is 0 Å². The third-order valence-corrected chi connectivity index (χ3v) is 3.82. The second-order valence-electron chi connectivity index (χ2n) is 5.21. The van der Waals surface area contributed by atoms with E-state index in [0.717, 1.165) is 16.5 Å². The van der Waals surface area contributed by atoms with Gasteiger partial charge in [0.1, 0.15) is 0 Å². The lowest BCUT2D eigenvalue weighted by molar-refractivity contribution is -0.137. The molecule has 0 amide bonds. The normalized spacial score (nSPS) is 12.0. The number of pyridine rings is 1. The van der Waals surface area contributed by atoms with Gasteiger partial charge in [-0.1, -0.05) is 30.3 Å². The number of benzene rings is 1. The predicted molar refractivity (Wildman–Crippen MR) is 89.6 cm³/mol. The maximum atomic E-state index is 10.8. The molecule has 0 fully saturated rings. The Balaban J connectivity index is 1.96. The maximum absolute atomic E-state index is 10.8. The topological polar surface area (TPSA) is 62.2 Å². The average molecular weight is 363 g/mol. The summed E-state index contributed by atoms with van der Waals surface area (Å²) in [6.07, 6.45) is 5.15. The van der Waals surface area contributed by atoms with Crippen LogP contribution in [0.3, 0.4) is 0 Å². The van der Waals surface area contributed by atoms with E-state index in [4.69, 9.17) is 5.11 Å². The van der Waals surface area contributed by atoms with Gasteiger partial charge in [-0.05, 0) is 46.0 Å². The molecule has 2 aromatic rings. The first-order valence-corrected chi connectivity index (χ1v) is 8.01. The van der Waals surface area contributed by atoms with Crippen LogP contribution < -0.4 is 5.32 Å². The number of hydrogen-bond acceptors (Lipinski definition) is 3. The Labute approximate surface area is 138 Å². The van der Waals surface area contributed by atoms with E-state index in [2.05, 4.69) is 38.4 Å². The summed E-state index contributed by atoms with van der Waals surface area (Å²) in [5.74, 6) is -0.760. The van der Waals surface area contributed by atoms with E-state index >= 15 is 0 Å². The molecule has 0 bridgehead atoms. The highest BCUT2D eigenvalue weighted by Gasteiger charge is 2.11. The monoisotopic (exact) mass is 362 g/mol. The van der Waals surface area contributed by atoms with Crippen LogP contribution in [-0.2, 0) is 17.8 Å². The maximum Gasteiger partial charge on any atom is 0.303 e. The number of carboxylic acid groups (broad SMARTS) is 1. The van der Waals surface area contributed by atoms with Crippen molar-refractivity contribution in [2.24, 2.45) is 0 Å². The highest BCUT2D eigenvalue weighted by atomic mass is 79.9. The number of nitrogens with zero attached hydrogens (tertiary/aromatic N) is 1. The van der Waals surface area contributed by atoms with Gasteiger partial charge in [0.05, 0.1) is 0 Å². The molecule has 0 aliphatic heterocycles. The molecule has 0 aliphatic carbocycles. The molecule has 0 spiro atoms. The van der Waals surface area contributed by atoms with Crippen LogP contribution in [0.4, 0.5) is 0 Å². The molecule has 116 valence electrons. The van der Waals surface area contributed by atoms with Crippen molar-refractivity contribution in [1.29, 1.82) is 0 Å². The lowest BCUT2D eigenvalue weighted by Crippen LogP contribution is -2.31. The summed E-state index contributed by atoms with van der Waals surface area (Å²) in [6, 6.07) is 12.3. The molecule has 0 saturated carbocycles. The van der Waals surface area contributed by atoms with Crippen LogP contribution in [0.1, 0.15) is 24.0 Å². The molecule has 1 atom stereocenters. The van der Waals surface area contributed by atoms with Crippen molar-refractivity contribution in [3.63, 3.8) is 0 Å².